The minimum Gasteiger partial charge on any atom is -0.484 e. The van der Waals surface area contributed by atoms with Crippen LogP contribution in [0.2, 0.25) is 0 Å². The predicted octanol–water partition coefficient (Wildman–Crippen LogP) is 3.20. The maximum absolute atomic E-state index is 12.4. The molecular formula is C20H18N2O2. The van der Waals surface area contributed by atoms with E-state index in [0.717, 1.165) is 23.9 Å². The van der Waals surface area contributed by atoms with Gasteiger partial charge in [-0.15, -0.1) is 0 Å². The zero-order valence-corrected chi connectivity index (χ0v) is 13.3. The van der Waals surface area contributed by atoms with Crippen LogP contribution < -0.4 is 4.74 Å². The van der Waals surface area contributed by atoms with Gasteiger partial charge in [-0.3, -0.25) is 9.78 Å². The summed E-state index contributed by atoms with van der Waals surface area (Å²) in [5.74, 6) is 0.719. The summed E-state index contributed by atoms with van der Waals surface area (Å²) in [6, 6.07) is 17.9. The van der Waals surface area contributed by atoms with Gasteiger partial charge < -0.3 is 9.64 Å². The molecule has 0 radical (unpaired) electrons. The number of fused-ring (bicyclic) bond motifs is 2. The van der Waals surface area contributed by atoms with Gasteiger partial charge in [-0.2, -0.15) is 0 Å². The number of rotatable bonds is 3. The molecule has 0 atom stereocenters. The Labute approximate surface area is 140 Å². The average molecular weight is 318 g/mol. The normalized spacial score (nSPS) is 13.6. The van der Waals surface area contributed by atoms with Gasteiger partial charge in [-0.1, -0.05) is 30.3 Å². The predicted molar refractivity (Wildman–Crippen MR) is 92.8 cm³/mol. The third kappa shape index (κ3) is 2.95. The lowest BCUT2D eigenvalue weighted by Crippen LogP contribution is -2.38. The van der Waals surface area contributed by atoms with Crippen LogP contribution >= 0.6 is 0 Å². The molecule has 0 aliphatic carbocycles. The van der Waals surface area contributed by atoms with E-state index in [1.54, 1.807) is 6.20 Å². The van der Waals surface area contributed by atoms with Crippen LogP contribution in [0, 0.1) is 0 Å². The Balaban J connectivity index is 1.41. The van der Waals surface area contributed by atoms with Crippen LogP contribution in [-0.2, 0) is 17.8 Å². The molecule has 0 bridgehead atoms. The number of ether oxygens (including phenoxy) is 1. The first-order chi connectivity index (χ1) is 11.8. The Bertz CT molecular complexity index is 891. The molecule has 0 saturated carbocycles. The molecule has 1 aliphatic heterocycles. The van der Waals surface area contributed by atoms with Gasteiger partial charge in [0.15, 0.2) is 6.61 Å². The Morgan fingerprint density at radius 1 is 1.08 bits per heavy atom. The van der Waals surface area contributed by atoms with Crippen molar-refractivity contribution in [2.45, 2.75) is 13.0 Å². The Kier molecular flexibility index (Phi) is 3.87. The van der Waals surface area contributed by atoms with Gasteiger partial charge in [0.1, 0.15) is 5.75 Å². The van der Waals surface area contributed by atoms with Crippen molar-refractivity contribution < 1.29 is 9.53 Å². The van der Waals surface area contributed by atoms with Crippen molar-refractivity contribution in [3.05, 3.63) is 71.9 Å². The largest absolute Gasteiger partial charge is 0.484 e. The standard InChI is InChI=1S/C20H18N2O2/c23-20(22-11-9-15-4-1-2-5-17(15)13-22)14-24-18-7-8-19-16(12-18)6-3-10-21-19/h1-8,10,12H,9,11,13-14H2. The molecule has 1 aliphatic rings. The second kappa shape index (κ2) is 6.32. The fourth-order valence-electron chi connectivity index (χ4n) is 3.09. The number of aromatic nitrogens is 1. The second-order valence-corrected chi connectivity index (χ2v) is 5.98. The van der Waals surface area contributed by atoms with E-state index < -0.39 is 0 Å². The molecule has 0 saturated heterocycles. The highest BCUT2D eigenvalue weighted by atomic mass is 16.5. The van der Waals surface area contributed by atoms with Gasteiger partial charge in [0, 0.05) is 24.7 Å². The minimum atomic E-state index is 0.0239. The van der Waals surface area contributed by atoms with Crippen molar-refractivity contribution in [1.82, 2.24) is 9.88 Å². The lowest BCUT2D eigenvalue weighted by molar-refractivity contribution is -0.134. The van der Waals surface area contributed by atoms with Crippen LogP contribution in [0.15, 0.2) is 60.8 Å². The summed E-state index contributed by atoms with van der Waals surface area (Å²) < 4.78 is 5.70. The molecule has 120 valence electrons. The molecule has 0 unspecified atom stereocenters. The minimum absolute atomic E-state index is 0.0239. The maximum atomic E-state index is 12.4. The quantitative estimate of drug-likeness (QED) is 0.745. The summed E-state index contributed by atoms with van der Waals surface area (Å²) in [5, 5.41) is 1.01. The number of carbonyl (C=O) groups is 1. The number of benzene rings is 2. The number of nitrogens with zero attached hydrogens (tertiary/aromatic N) is 2. The molecule has 24 heavy (non-hydrogen) atoms. The summed E-state index contributed by atoms with van der Waals surface area (Å²) >= 11 is 0. The maximum Gasteiger partial charge on any atom is 0.260 e. The lowest BCUT2D eigenvalue weighted by atomic mass is 10.00. The first-order valence-corrected chi connectivity index (χ1v) is 8.12. The zero-order valence-electron chi connectivity index (χ0n) is 13.3. The number of amides is 1. The van der Waals surface area contributed by atoms with E-state index >= 15 is 0 Å². The van der Waals surface area contributed by atoms with E-state index in [-0.39, 0.29) is 12.5 Å². The smallest absolute Gasteiger partial charge is 0.260 e. The summed E-state index contributed by atoms with van der Waals surface area (Å²) in [5.41, 5.74) is 3.49. The molecule has 1 amide bonds. The molecule has 0 spiro atoms. The van der Waals surface area contributed by atoms with Crippen molar-refractivity contribution in [2.24, 2.45) is 0 Å². The third-order valence-corrected chi connectivity index (χ3v) is 4.42. The molecule has 4 nitrogen and oxygen atoms in total. The highest BCUT2D eigenvalue weighted by molar-refractivity contribution is 5.80. The zero-order chi connectivity index (χ0) is 16.4. The van der Waals surface area contributed by atoms with Gasteiger partial charge in [-0.25, -0.2) is 0 Å². The molecule has 4 heteroatoms. The first kappa shape index (κ1) is 14.7. The van der Waals surface area contributed by atoms with E-state index in [2.05, 4.69) is 17.1 Å². The third-order valence-electron chi connectivity index (χ3n) is 4.42. The van der Waals surface area contributed by atoms with Crippen LogP contribution in [0.1, 0.15) is 11.1 Å². The van der Waals surface area contributed by atoms with E-state index in [9.17, 15) is 4.79 Å². The van der Waals surface area contributed by atoms with Crippen molar-refractivity contribution in [2.75, 3.05) is 13.2 Å². The highest BCUT2D eigenvalue weighted by Gasteiger charge is 2.20. The van der Waals surface area contributed by atoms with Crippen molar-refractivity contribution in [3.63, 3.8) is 0 Å². The van der Waals surface area contributed by atoms with Crippen molar-refractivity contribution >= 4 is 16.8 Å². The number of pyridine rings is 1. The molecule has 0 N–H and O–H groups in total. The topological polar surface area (TPSA) is 42.4 Å². The van der Waals surface area contributed by atoms with Gasteiger partial charge in [0.2, 0.25) is 0 Å². The summed E-state index contributed by atoms with van der Waals surface area (Å²) in [7, 11) is 0. The number of hydrogen-bond donors (Lipinski definition) is 0. The van der Waals surface area contributed by atoms with E-state index in [1.165, 1.54) is 11.1 Å². The van der Waals surface area contributed by atoms with Crippen LogP contribution in [0.4, 0.5) is 0 Å². The molecule has 2 aromatic carbocycles. The highest BCUT2D eigenvalue weighted by Crippen LogP contribution is 2.20. The summed E-state index contributed by atoms with van der Waals surface area (Å²) in [4.78, 5) is 18.6. The fourth-order valence-corrected chi connectivity index (χ4v) is 3.09. The van der Waals surface area contributed by atoms with E-state index in [4.69, 9.17) is 4.74 Å². The van der Waals surface area contributed by atoms with Gasteiger partial charge in [-0.05, 0) is 41.8 Å². The van der Waals surface area contributed by atoms with Gasteiger partial charge in [0.05, 0.1) is 5.52 Å². The second-order valence-electron chi connectivity index (χ2n) is 5.98. The molecule has 1 aromatic heterocycles. The number of carbonyl (C=O) groups excluding carboxylic acids is 1. The van der Waals surface area contributed by atoms with Crippen LogP contribution in [0.3, 0.4) is 0 Å². The van der Waals surface area contributed by atoms with Crippen LogP contribution in [-0.4, -0.2) is 28.9 Å². The van der Waals surface area contributed by atoms with Gasteiger partial charge >= 0.3 is 0 Å². The van der Waals surface area contributed by atoms with Crippen molar-refractivity contribution in [1.29, 1.82) is 0 Å². The number of hydrogen-bond acceptors (Lipinski definition) is 3. The average Bonchev–Trinajstić information content (AvgIpc) is 2.65. The first-order valence-electron chi connectivity index (χ1n) is 8.12. The van der Waals surface area contributed by atoms with E-state index in [1.807, 2.05) is 47.4 Å². The Morgan fingerprint density at radius 2 is 1.96 bits per heavy atom. The summed E-state index contributed by atoms with van der Waals surface area (Å²) in [6.07, 6.45) is 2.67. The molecular weight excluding hydrogens is 300 g/mol. The monoisotopic (exact) mass is 318 g/mol. The SMILES string of the molecule is O=C(COc1ccc2ncccc2c1)N1CCc2ccccc2C1. The Morgan fingerprint density at radius 3 is 2.88 bits per heavy atom. The van der Waals surface area contributed by atoms with Crippen LogP contribution in [0.25, 0.3) is 10.9 Å². The van der Waals surface area contributed by atoms with Gasteiger partial charge in [0.25, 0.3) is 5.91 Å². The molecule has 3 aromatic rings. The Hall–Kier alpha value is -2.88. The molecule has 0 fully saturated rings. The molecule has 4 rings (SSSR count). The lowest BCUT2D eigenvalue weighted by Gasteiger charge is -2.28. The van der Waals surface area contributed by atoms with Crippen molar-refractivity contribution in [3.8, 4) is 5.75 Å². The van der Waals surface area contributed by atoms with E-state index in [0.29, 0.717) is 12.3 Å². The summed E-state index contributed by atoms with van der Waals surface area (Å²) in [6.45, 7) is 1.48. The van der Waals surface area contributed by atoms with Crippen LogP contribution in [0.5, 0.6) is 5.75 Å². The molecule has 2 heterocycles. The fraction of sp³-hybridized carbons (Fsp3) is 0.200.